The Morgan fingerprint density at radius 1 is 1.31 bits per heavy atom. The average Bonchev–Trinajstić information content (AvgIpc) is 2.28. The number of carbonyl (C=O) groups excluding carboxylic acids is 1. The van der Waals surface area contributed by atoms with Crippen LogP contribution in [-0.4, -0.2) is 19.1 Å². The van der Waals surface area contributed by atoms with Crippen LogP contribution in [0.15, 0.2) is 0 Å². The van der Waals surface area contributed by atoms with Crippen molar-refractivity contribution < 1.29 is 9.53 Å². The van der Waals surface area contributed by atoms with Crippen molar-refractivity contribution in [3.05, 3.63) is 0 Å². The number of primary amides is 1. The van der Waals surface area contributed by atoms with Crippen LogP contribution >= 0.6 is 0 Å². The molecule has 4 unspecified atom stereocenters. The van der Waals surface area contributed by atoms with Crippen molar-refractivity contribution in [2.24, 2.45) is 23.5 Å². The summed E-state index contributed by atoms with van der Waals surface area (Å²) in [6, 6.07) is 0. The second-order valence-corrected chi connectivity index (χ2v) is 5.46. The number of hydrogen-bond donors (Lipinski definition) is 1. The van der Waals surface area contributed by atoms with Crippen LogP contribution in [-0.2, 0) is 9.53 Å². The third-order valence-electron chi connectivity index (χ3n) is 4.55. The normalized spacial score (nSPS) is 39.1. The lowest BCUT2D eigenvalue weighted by Gasteiger charge is -2.43. The number of rotatable bonds is 3. The number of fused-ring (bicyclic) bond motifs is 1. The maximum atomic E-state index is 11.1. The fourth-order valence-corrected chi connectivity index (χ4v) is 3.75. The zero-order valence-electron chi connectivity index (χ0n) is 10.2. The van der Waals surface area contributed by atoms with E-state index in [-0.39, 0.29) is 5.91 Å². The summed E-state index contributed by atoms with van der Waals surface area (Å²) in [5.74, 6) is 1.89. The molecule has 3 heteroatoms. The molecule has 0 aromatic rings. The lowest BCUT2D eigenvalue weighted by Crippen LogP contribution is -2.38. The molecule has 2 aliphatic rings. The summed E-state index contributed by atoms with van der Waals surface area (Å²) in [6.45, 7) is 0. The molecule has 0 aromatic heterocycles. The van der Waals surface area contributed by atoms with Gasteiger partial charge in [-0.1, -0.05) is 12.8 Å². The molecule has 3 nitrogen and oxygen atoms in total. The topological polar surface area (TPSA) is 52.3 Å². The van der Waals surface area contributed by atoms with Crippen LogP contribution in [0, 0.1) is 17.8 Å². The first-order valence-corrected chi connectivity index (χ1v) is 6.51. The van der Waals surface area contributed by atoms with Gasteiger partial charge in [0.2, 0.25) is 5.91 Å². The first kappa shape index (κ1) is 11.9. The van der Waals surface area contributed by atoms with Crippen LogP contribution in [0.4, 0.5) is 0 Å². The Morgan fingerprint density at radius 2 is 2.12 bits per heavy atom. The van der Waals surface area contributed by atoms with Crippen molar-refractivity contribution in [2.75, 3.05) is 7.11 Å². The zero-order valence-corrected chi connectivity index (χ0v) is 10.2. The maximum Gasteiger partial charge on any atom is 0.217 e. The van der Waals surface area contributed by atoms with E-state index < -0.39 is 0 Å². The van der Waals surface area contributed by atoms with Gasteiger partial charge in [-0.15, -0.1) is 0 Å². The van der Waals surface area contributed by atoms with Gasteiger partial charge in [-0.3, -0.25) is 4.79 Å². The lowest BCUT2D eigenvalue weighted by atomic mass is 9.64. The molecule has 0 saturated heterocycles. The summed E-state index contributed by atoms with van der Waals surface area (Å²) in [6.07, 6.45) is 8.40. The monoisotopic (exact) mass is 225 g/mol. The molecule has 0 aromatic carbocycles. The van der Waals surface area contributed by atoms with Gasteiger partial charge in [-0.25, -0.2) is 0 Å². The second-order valence-electron chi connectivity index (χ2n) is 5.46. The van der Waals surface area contributed by atoms with Gasteiger partial charge in [0.25, 0.3) is 0 Å². The molecule has 2 saturated carbocycles. The van der Waals surface area contributed by atoms with Gasteiger partial charge in [0.1, 0.15) is 0 Å². The molecule has 0 aliphatic heterocycles. The minimum absolute atomic E-state index is 0.134. The molecular weight excluding hydrogens is 202 g/mol. The first-order valence-electron chi connectivity index (χ1n) is 6.51. The summed E-state index contributed by atoms with van der Waals surface area (Å²) in [7, 11) is 1.80. The number of ether oxygens (including phenoxy) is 1. The molecule has 16 heavy (non-hydrogen) atoms. The third kappa shape index (κ3) is 2.57. The van der Waals surface area contributed by atoms with Crippen molar-refractivity contribution in [2.45, 2.75) is 51.0 Å². The predicted octanol–water partition coefficient (Wildman–Crippen LogP) is 2.09. The number of methoxy groups -OCH3 is 1. The fraction of sp³-hybridized carbons (Fsp3) is 0.923. The quantitative estimate of drug-likeness (QED) is 0.799. The van der Waals surface area contributed by atoms with Crippen molar-refractivity contribution in [3.63, 3.8) is 0 Å². The van der Waals surface area contributed by atoms with E-state index >= 15 is 0 Å². The fourth-order valence-electron chi connectivity index (χ4n) is 3.75. The standard InChI is InChI=1S/C13H23NO2/c1-16-11-6-5-9-3-2-4-10(7-13(14)15)12(9)8-11/h9-12H,2-8H2,1H3,(H2,14,15). The molecule has 2 rings (SSSR count). The Balaban J connectivity index is 1.99. The van der Waals surface area contributed by atoms with E-state index in [9.17, 15) is 4.79 Å². The number of hydrogen-bond acceptors (Lipinski definition) is 2. The van der Waals surface area contributed by atoms with E-state index in [0.29, 0.717) is 24.4 Å². The van der Waals surface area contributed by atoms with Gasteiger partial charge in [0.15, 0.2) is 0 Å². The molecule has 4 atom stereocenters. The van der Waals surface area contributed by atoms with E-state index in [1.807, 2.05) is 0 Å². The highest BCUT2D eigenvalue weighted by Gasteiger charge is 2.38. The van der Waals surface area contributed by atoms with Crippen molar-refractivity contribution in [3.8, 4) is 0 Å². The minimum Gasteiger partial charge on any atom is -0.381 e. The van der Waals surface area contributed by atoms with Crippen molar-refractivity contribution in [1.82, 2.24) is 0 Å². The van der Waals surface area contributed by atoms with Crippen LogP contribution in [0.1, 0.15) is 44.9 Å². The number of amides is 1. The van der Waals surface area contributed by atoms with Crippen LogP contribution < -0.4 is 5.73 Å². The van der Waals surface area contributed by atoms with Gasteiger partial charge in [-0.2, -0.15) is 0 Å². The molecule has 1 amide bonds. The van der Waals surface area contributed by atoms with E-state index in [2.05, 4.69) is 0 Å². The molecule has 92 valence electrons. The van der Waals surface area contributed by atoms with Crippen LogP contribution in [0.5, 0.6) is 0 Å². The van der Waals surface area contributed by atoms with Crippen molar-refractivity contribution >= 4 is 5.91 Å². The Kier molecular flexibility index (Phi) is 3.85. The molecular formula is C13H23NO2. The van der Waals surface area contributed by atoms with Crippen LogP contribution in [0.25, 0.3) is 0 Å². The molecule has 0 spiro atoms. The van der Waals surface area contributed by atoms with Gasteiger partial charge in [-0.05, 0) is 43.4 Å². The molecule has 2 N–H and O–H groups in total. The average molecular weight is 225 g/mol. The number of nitrogens with two attached hydrogens (primary N) is 1. The van der Waals surface area contributed by atoms with Gasteiger partial charge in [0.05, 0.1) is 6.10 Å². The summed E-state index contributed by atoms with van der Waals surface area (Å²) in [5, 5.41) is 0. The smallest absolute Gasteiger partial charge is 0.217 e. The molecule has 0 bridgehead atoms. The summed E-state index contributed by atoms with van der Waals surface area (Å²) >= 11 is 0. The van der Waals surface area contributed by atoms with E-state index in [0.717, 1.165) is 12.3 Å². The highest BCUT2D eigenvalue weighted by atomic mass is 16.5. The van der Waals surface area contributed by atoms with Gasteiger partial charge >= 0.3 is 0 Å². The SMILES string of the molecule is COC1CCC2CCCC(CC(N)=O)C2C1. The first-order chi connectivity index (χ1) is 7.70. The largest absolute Gasteiger partial charge is 0.381 e. The Morgan fingerprint density at radius 3 is 2.81 bits per heavy atom. The Hall–Kier alpha value is -0.570. The van der Waals surface area contributed by atoms with Crippen LogP contribution in [0.3, 0.4) is 0 Å². The summed E-state index contributed by atoms with van der Waals surface area (Å²) in [5.41, 5.74) is 5.34. The predicted molar refractivity (Wildman–Crippen MR) is 62.8 cm³/mol. The lowest BCUT2D eigenvalue weighted by molar-refractivity contribution is -0.120. The van der Waals surface area contributed by atoms with Crippen LogP contribution in [0.2, 0.25) is 0 Å². The summed E-state index contributed by atoms with van der Waals surface area (Å²) < 4.78 is 5.48. The van der Waals surface area contributed by atoms with E-state index in [1.165, 1.54) is 32.1 Å². The molecule has 0 radical (unpaired) electrons. The highest BCUT2D eigenvalue weighted by molar-refractivity contribution is 5.74. The van der Waals surface area contributed by atoms with E-state index in [4.69, 9.17) is 10.5 Å². The van der Waals surface area contributed by atoms with Crippen molar-refractivity contribution in [1.29, 1.82) is 0 Å². The van der Waals surface area contributed by atoms with Gasteiger partial charge < -0.3 is 10.5 Å². The van der Waals surface area contributed by atoms with E-state index in [1.54, 1.807) is 7.11 Å². The Bertz CT molecular complexity index is 254. The van der Waals surface area contributed by atoms with Gasteiger partial charge in [0, 0.05) is 13.5 Å². The highest BCUT2D eigenvalue weighted by Crippen LogP contribution is 2.45. The molecule has 2 aliphatic carbocycles. The third-order valence-corrected chi connectivity index (χ3v) is 4.55. The minimum atomic E-state index is -0.134. The molecule has 0 heterocycles. The zero-order chi connectivity index (χ0) is 11.5. The maximum absolute atomic E-state index is 11.1. The summed E-state index contributed by atoms with van der Waals surface area (Å²) in [4.78, 5) is 11.1. The number of carbonyl (C=O) groups is 1. The molecule has 2 fully saturated rings. The Labute approximate surface area is 97.7 Å². The second kappa shape index (κ2) is 5.17.